The molecule has 3 heterocycles. The quantitative estimate of drug-likeness (QED) is 0.663. The first-order valence-electron chi connectivity index (χ1n) is 4.86. The van der Waals surface area contributed by atoms with E-state index >= 15 is 0 Å². The summed E-state index contributed by atoms with van der Waals surface area (Å²) in [7, 11) is 0. The third-order valence-electron chi connectivity index (χ3n) is 2.44. The second kappa shape index (κ2) is 3.34. The summed E-state index contributed by atoms with van der Waals surface area (Å²) < 4.78 is 5.08. The Morgan fingerprint density at radius 2 is 2.25 bits per heavy atom. The minimum Gasteiger partial charge on any atom is -0.461 e. The number of nitrogens with zero attached hydrogens (tertiary/aromatic N) is 1. The lowest BCUT2D eigenvalue weighted by atomic mass is 10.1. The van der Waals surface area contributed by atoms with Crippen LogP contribution in [-0.2, 0) is 0 Å². The molecule has 0 fully saturated rings. The molecule has 3 aromatic rings. The molecule has 1 N–H and O–H groups in total. The highest BCUT2D eigenvalue weighted by molar-refractivity contribution is 6.14. The van der Waals surface area contributed by atoms with E-state index in [1.807, 2.05) is 6.07 Å². The van der Waals surface area contributed by atoms with Crippen molar-refractivity contribution in [1.29, 1.82) is 0 Å². The van der Waals surface area contributed by atoms with E-state index in [2.05, 4.69) is 9.97 Å². The maximum atomic E-state index is 12.0. The Labute approximate surface area is 90.9 Å². The van der Waals surface area contributed by atoms with Crippen LogP contribution in [-0.4, -0.2) is 15.8 Å². The van der Waals surface area contributed by atoms with Gasteiger partial charge in [-0.15, -0.1) is 0 Å². The fourth-order valence-corrected chi connectivity index (χ4v) is 1.68. The largest absolute Gasteiger partial charge is 0.461 e. The molecular weight excluding hydrogens is 204 g/mol. The summed E-state index contributed by atoms with van der Waals surface area (Å²) in [5.41, 5.74) is 1.29. The first-order valence-corrected chi connectivity index (χ1v) is 4.86. The minimum atomic E-state index is -0.135. The molecule has 0 aliphatic rings. The first-order chi connectivity index (χ1) is 7.86. The number of rotatable bonds is 2. The Kier molecular flexibility index (Phi) is 1.86. The highest BCUT2D eigenvalue weighted by atomic mass is 16.3. The van der Waals surface area contributed by atoms with Crippen molar-refractivity contribution in [3.63, 3.8) is 0 Å². The number of carbonyl (C=O) groups excluding carboxylic acids is 1. The number of nitrogens with one attached hydrogen (secondary N) is 1. The molecule has 4 nitrogen and oxygen atoms in total. The Balaban J connectivity index is 2.16. The third kappa shape index (κ3) is 1.24. The van der Waals surface area contributed by atoms with Crippen molar-refractivity contribution in [2.75, 3.05) is 0 Å². The number of H-pyrrole nitrogens is 1. The van der Waals surface area contributed by atoms with E-state index in [0.717, 1.165) is 5.39 Å². The van der Waals surface area contributed by atoms with Crippen molar-refractivity contribution in [2.24, 2.45) is 0 Å². The number of pyridine rings is 1. The Bertz CT molecular complexity index is 638. The first kappa shape index (κ1) is 8.91. The van der Waals surface area contributed by atoms with E-state index in [1.165, 1.54) is 6.26 Å². The summed E-state index contributed by atoms with van der Waals surface area (Å²) in [6.45, 7) is 0. The number of hydrogen-bond acceptors (Lipinski definition) is 3. The number of hydrogen-bond donors (Lipinski definition) is 1. The number of aromatic nitrogens is 2. The van der Waals surface area contributed by atoms with Gasteiger partial charge in [-0.05, 0) is 24.3 Å². The minimum absolute atomic E-state index is 0.135. The zero-order chi connectivity index (χ0) is 11.0. The van der Waals surface area contributed by atoms with Crippen molar-refractivity contribution in [2.45, 2.75) is 0 Å². The number of furan rings is 1. The van der Waals surface area contributed by atoms with Gasteiger partial charge >= 0.3 is 0 Å². The van der Waals surface area contributed by atoms with E-state index < -0.39 is 0 Å². The van der Waals surface area contributed by atoms with Crippen LogP contribution >= 0.6 is 0 Å². The standard InChI is InChI=1S/C12H8N2O2/c15-11(10-4-2-6-16-10)9-7-14-12-8(9)3-1-5-13-12/h1-7H,(H,13,14). The molecular formula is C12H8N2O2. The van der Waals surface area contributed by atoms with Crippen molar-refractivity contribution in [3.8, 4) is 0 Å². The Hall–Kier alpha value is -2.36. The summed E-state index contributed by atoms with van der Waals surface area (Å²) in [6.07, 6.45) is 4.82. The molecule has 0 spiro atoms. The van der Waals surface area contributed by atoms with E-state index in [1.54, 1.807) is 30.6 Å². The van der Waals surface area contributed by atoms with Gasteiger partial charge in [0, 0.05) is 17.8 Å². The molecule has 16 heavy (non-hydrogen) atoms. The predicted octanol–water partition coefficient (Wildman–Crippen LogP) is 2.39. The molecule has 0 atom stereocenters. The van der Waals surface area contributed by atoms with Crippen LogP contribution in [0.2, 0.25) is 0 Å². The van der Waals surface area contributed by atoms with E-state index in [4.69, 9.17) is 4.42 Å². The number of ketones is 1. The van der Waals surface area contributed by atoms with Gasteiger partial charge in [-0.1, -0.05) is 0 Å². The molecule has 3 aromatic heterocycles. The summed E-state index contributed by atoms with van der Waals surface area (Å²) >= 11 is 0. The van der Waals surface area contributed by atoms with Gasteiger partial charge in [0.2, 0.25) is 5.78 Å². The van der Waals surface area contributed by atoms with Gasteiger partial charge in [0.05, 0.1) is 11.8 Å². The van der Waals surface area contributed by atoms with Gasteiger partial charge in [-0.3, -0.25) is 4.79 Å². The summed E-state index contributed by atoms with van der Waals surface area (Å²) in [4.78, 5) is 19.1. The van der Waals surface area contributed by atoms with Crippen molar-refractivity contribution in [3.05, 3.63) is 54.2 Å². The average molecular weight is 212 g/mol. The smallest absolute Gasteiger partial charge is 0.230 e. The molecule has 0 bridgehead atoms. The van der Waals surface area contributed by atoms with Crippen LogP contribution in [0.1, 0.15) is 16.1 Å². The molecule has 4 heteroatoms. The number of carbonyl (C=O) groups is 1. The van der Waals surface area contributed by atoms with Gasteiger partial charge in [0.15, 0.2) is 5.76 Å². The van der Waals surface area contributed by atoms with Crippen LogP contribution in [0.25, 0.3) is 11.0 Å². The van der Waals surface area contributed by atoms with Gasteiger partial charge in [-0.25, -0.2) is 4.98 Å². The van der Waals surface area contributed by atoms with Crippen LogP contribution in [0.15, 0.2) is 47.3 Å². The average Bonchev–Trinajstić information content (AvgIpc) is 2.98. The molecule has 3 rings (SSSR count). The van der Waals surface area contributed by atoms with Crippen LogP contribution < -0.4 is 0 Å². The fraction of sp³-hybridized carbons (Fsp3) is 0. The predicted molar refractivity (Wildman–Crippen MR) is 58.2 cm³/mol. The second-order valence-electron chi connectivity index (χ2n) is 3.41. The molecule has 0 amide bonds. The molecule has 0 aromatic carbocycles. The van der Waals surface area contributed by atoms with Crippen LogP contribution in [0, 0.1) is 0 Å². The second-order valence-corrected chi connectivity index (χ2v) is 3.41. The fourth-order valence-electron chi connectivity index (χ4n) is 1.68. The summed E-state index contributed by atoms with van der Waals surface area (Å²) in [5.74, 6) is 0.203. The lowest BCUT2D eigenvalue weighted by Crippen LogP contribution is -1.97. The molecule has 0 aliphatic heterocycles. The van der Waals surface area contributed by atoms with Gasteiger partial charge in [-0.2, -0.15) is 0 Å². The Morgan fingerprint density at radius 1 is 1.31 bits per heavy atom. The van der Waals surface area contributed by atoms with E-state index in [-0.39, 0.29) is 5.78 Å². The Morgan fingerprint density at radius 3 is 3.06 bits per heavy atom. The molecule has 0 saturated carbocycles. The molecule has 78 valence electrons. The van der Waals surface area contributed by atoms with Gasteiger partial charge in [0.25, 0.3) is 0 Å². The van der Waals surface area contributed by atoms with Gasteiger partial charge in [0.1, 0.15) is 5.65 Å². The summed E-state index contributed by atoms with van der Waals surface area (Å²) in [6, 6.07) is 7.00. The molecule has 0 radical (unpaired) electrons. The van der Waals surface area contributed by atoms with E-state index in [9.17, 15) is 4.79 Å². The third-order valence-corrected chi connectivity index (χ3v) is 2.44. The lowest BCUT2D eigenvalue weighted by molar-refractivity contribution is 0.101. The highest BCUT2D eigenvalue weighted by Gasteiger charge is 2.16. The monoisotopic (exact) mass is 212 g/mol. The highest BCUT2D eigenvalue weighted by Crippen LogP contribution is 2.19. The molecule has 0 saturated heterocycles. The zero-order valence-corrected chi connectivity index (χ0v) is 8.31. The van der Waals surface area contributed by atoms with Gasteiger partial charge < -0.3 is 9.40 Å². The maximum absolute atomic E-state index is 12.0. The zero-order valence-electron chi connectivity index (χ0n) is 8.31. The number of fused-ring (bicyclic) bond motifs is 1. The maximum Gasteiger partial charge on any atom is 0.230 e. The summed E-state index contributed by atoms with van der Waals surface area (Å²) in [5, 5.41) is 0.809. The van der Waals surface area contributed by atoms with Crippen molar-refractivity contribution >= 4 is 16.8 Å². The molecule has 0 unspecified atom stereocenters. The van der Waals surface area contributed by atoms with Crippen LogP contribution in [0.4, 0.5) is 0 Å². The lowest BCUT2D eigenvalue weighted by Gasteiger charge is -1.94. The van der Waals surface area contributed by atoms with Crippen molar-refractivity contribution in [1.82, 2.24) is 9.97 Å². The van der Waals surface area contributed by atoms with Crippen molar-refractivity contribution < 1.29 is 9.21 Å². The normalized spacial score (nSPS) is 10.8. The van der Waals surface area contributed by atoms with Crippen LogP contribution in [0.5, 0.6) is 0 Å². The molecule has 0 aliphatic carbocycles. The van der Waals surface area contributed by atoms with Crippen LogP contribution in [0.3, 0.4) is 0 Å². The number of aromatic amines is 1. The van der Waals surface area contributed by atoms with E-state index in [0.29, 0.717) is 17.0 Å². The topological polar surface area (TPSA) is 58.9 Å². The SMILES string of the molecule is O=C(c1ccco1)c1c[nH]c2ncccc12.